The van der Waals surface area contributed by atoms with Crippen molar-refractivity contribution in [2.45, 2.75) is 156 Å². The van der Waals surface area contributed by atoms with Crippen LogP contribution < -0.4 is 0 Å². The van der Waals surface area contributed by atoms with Crippen molar-refractivity contribution in [2.75, 3.05) is 6.61 Å². The van der Waals surface area contributed by atoms with Gasteiger partial charge in [0, 0.05) is 6.42 Å². The highest BCUT2D eigenvalue weighted by atomic mass is 16.5. The summed E-state index contributed by atoms with van der Waals surface area (Å²) in [7, 11) is 0. The first-order valence-electron chi connectivity index (χ1n) is 13.7. The molecule has 0 fully saturated rings. The lowest BCUT2D eigenvalue weighted by Crippen LogP contribution is -2.05. The minimum absolute atomic E-state index is 0.0169. The van der Waals surface area contributed by atoms with E-state index in [0.717, 1.165) is 24.7 Å². The smallest absolute Gasteiger partial charge is 0.305 e. The summed E-state index contributed by atoms with van der Waals surface area (Å²) >= 11 is 0. The van der Waals surface area contributed by atoms with Crippen LogP contribution in [0.1, 0.15) is 156 Å². The molecular formula is C28H56O2. The van der Waals surface area contributed by atoms with E-state index in [1.54, 1.807) is 0 Å². The molecule has 0 aliphatic rings. The van der Waals surface area contributed by atoms with Crippen molar-refractivity contribution in [1.82, 2.24) is 0 Å². The molecule has 0 aliphatic carbocycles. The summed E-state index contributed by atoms with van der Waals surface area (Å²) in [6, 6.07) is 0. The van der Waals surface area contributed by atoms with Crippen molar-refractivity contribution in [1.29, 1.82) is 0 Å². The van der Waals surface area contributed by atoms with Crippen LogP contribution in [-0.4, -0.2) is 12.6 Å². The molecule has 0 spiro atoms. The predicted octanol–water partition coefficient (Wildman–Crippen LogP) is 9.64. The number of esters is 1. The van der Waals surface area contributed by atoms with Crippen LogP contribution in [0.15, 0.2) is 0 Å². The van der Waals surface area contributed by atoms with Gasteiger partial charge in [-0.2, -0.15) is 0 Å². The highest BCUT2D eigenvalue weighted by Gasteiger charge is 2.03. The van der Waals surface area contributed by atoms with E-state index in [4.69, 9.17) is 4.74 Å². The average Bonchev–Trinajstić information content (AvgIpc) is 2.69. The molecule has 0 aromatic carbocycles. The third-order valence-electron chi connectivity index (χ3n) is 6.10. The van der Waals surface area contributed by atoms with Crippen LogP contribution in [0.25, 0.3) is 0 Å². The monoisotopic (exact) mass is 424 g/mol. The van der Waals surface area contributed by atoms with Gasteiger partial charge in [-0.3, -0.25) is 4.79 Å². The van der Waals surface area contributed by atoms with E-state index in [1.165, 1.54) is 109 Å². The number of hydrogen-bond acceptors (Lipinski definition) is 2. The fraction of sp³-hybridized carbons (Fsp3) is 0.964. The Bertz CT molecular complexity index is 349. The molecule has 0 amide bonds. The molecule has 0 radical (unpaired) electrons. The molecule has 0 N–H and O–H groups in total. The van der Waals surface area contributed by atoms with Gasteiger partial charge in [-0.15, -0.1) is 0 Å². The fourth-order valence-corrected chi connectivity index (χ4v) is 4.03. The van der Waals surface area contributed by atoms with E-state index in [0.29, 0.717) is 13.0 Å². The minimum atomic E-state index is 0.0169. The zero-order valence-corrected chi connectivity index (χ0v) is 21.3. The predicted molar refractivity (Wildman–Crippen MR) is 133 cm³/mol. The summed E-state index contributed by atoms with van der Waals surface area (Å²) < 4.78 is 5.37. The lowest BCUT2D eigenvalue weighted by Gasteiger charge is -2.06. The molecule has 0 aromatic heterocycles. The lowest BCUT2D eigenvalue weighted by atomic mass is 10.0. The number of ether oxygens (including phenoxy) is 1. The van der Waals surface area contributed by atoms with Crippen LogP contribution in [0, 0.1) is 11.8 Å². The number of rotatable bonds is 23. The standard InChI is InChI=1S/C28H56O2/c1-26(2)22-18-14-11-9-7-5-6-8-10-12-16-20-24-28(29)30-25-21-17-13-15-19-23-27(3)4/h26-27H,5-25H2,1-4H3. The first-order chi connectivity index (χ1) is 14.5. The largest absolute Gasteiger partial charge is 0.466 e. The van der Waals surface area contributed by atoms with Gasteiger partial charge in [0.15, 0.2) is 0 Å². The van der Waals surface area contributed by atoms with Crippen LogP contribution in [0.2, 0.25) is 0 Å². The second kappa shape index (κ2) is 23.1. The van der Waals surface area contributed by atoms with Crippen molar-refractivity contribution in [3.63, 3.8) is 0 Å². The summed E-state index contributed by atoms with van der Waals surface area (Å²) in [5.74, 6) is 1.71. The van der Waals surface area contributed by atoms with Gasteiger partial charge in [-0.25, -0.2) is 0 Å². The Morgan fingerprint density at radius 3 is 1.23 bits per heavy atom. The van der Waals surface area contributed by atoms with E-state index >= 15 is 0 Å². The van der Waals surface area contributed by atoms with E-state index < -0.39 is 0 Å². The molecule has 0 bridgehead atoms. The molecule has 0 heterocycles. The molecule has 2 nitrogen and oxygen atoms in total. The third kappa shape index (κ3) is 25.5. The number of carbonyl (C=O) groups excluding carboxylic acids is 1. The Hall–Kier alpha value is -0.530. The Labute approximate surface area is 190 Å². The molecule has 0 aromatic rings. The first kappa shape index (κ1) is 29.5. The SMILES string of the molecule is CC(C)CCCCCCCCCCCCCCC(=O)OCCCCCCCC(C)C. The molecule has 0 rings (SSSR count). The van der Waals surface area contributed by atoms with Crippen LogP contribution in [0.5, 0.6) is 0 Å². The molecule has 0 atom stereocenters. The van der Waals surface area contributed by atoms with Gasteiger partial charge in [-0.1, -0.05) is 137 Å². The van der Waals surface area contributed by atoms with Gasteiger partial charge >= 0.3 is 5.97 Å². The third-order valence-corrected chi connectivity index (χ3v) is 6.10. The maximum Gasteiger partial charge on any atom is 0.305 e. The highest BCUT2D eigenvalue weighted by Crippen LogP contribution is 2.15. The number of hydrogen-bond donors (Lipinski definition) is 0. The maximum atomic E-state index is 11.8. The zero-order chi connectivity index (χ0) is 22.3. The maximum absolute atomic E-state index is 11.8. The summed E-state index contributed by atoms with van der Waals surface area (Å²) in [5, 5.41) is 0. The first-order valence-corrected chi connectivity index (χ1v) is 13.7. The second-order valence-electron chi connectivity index (χ2n) is 10.3. The van der Waals surface area contributed by atoms with Crippen LogP contribution in [-0.2, 0) is 9.53 Å². The Balaban J connectivity index is 3.16. The summed E-state index contributed by atoms with van der Waals surface area (Å²) in [5.41, 5.74) is 0. The normalized spacial score (nSPS) is 11.5. The van der Waals surface area contributed by atoms with Crippen LogP contribution in [0.4, 0.5) is 0 Å². The quantitative estimate of drug-likeness (QED) is 0.120. The summed E-state index contributed by atoms with van der Waals surface area (Å²) in [6.45, 7) is 9.85. The van der Waals surface area contributed by atoms with Gasteiger partial charge in [-0.05, 0) is 24.7 Å². The fourth-order valence-electron chi connectivity index (χ4n) is 4.03. The zero-order valence-electron chi connectivity index (χ0n) is 21.3. The molecule has 0 saturated carbocycles. The average molecular weight is 425 g/mol. The van der Waals surface area contributed by atoms with Crippen LogP contribution >= 0.6 is 0 Å². The van der Waals surface area contributed by atoms with Gasteiger partial charge in [0.25, 0.3) is 0 Å². The van der Waals surface area contributed by atoms with Gasteiger partial charge in [0.05, 0.1) is 6.61 Å². The molecule has 30 heavy (non-hydrogen) atoms. The van der Waals surface area contributed by atoms with E-state index in [-0.39, 0.29) is 5.97 Å². The van der Waals surface area contributed by atoms with E-state index in [2.05, 4.69) is 27.7 Å². The van der Waals surface area contributed by atoms with E-state index in [1.807, 2.05) is 0 Å². The Kier molecular flexibility index (Phi) is 22.7. The molecule has 0 unspecified atom stereocenters. The van der Waals surface area contributed by atoms with Crippen molar-refractivity contribution < 1.29 is 9.53 Å². The summed E-state index contributed by atoms with van der Waals surface area (Å²) in [6.07, 6.45) is 25.6. The molecule has 180 valence electrons. The Morgan fingerprint density at radius 1 is 0.500 bits per heavy atom. The number of unbranched alkanes of at least 4 members (excludes halogenated alkanes) is 15. The summed E-state index contributed by atoms with van der Waals surface area (Å²) in [4.78, 5) is 11.8. The van der Waals surface area contributed by atoms with Crippen molar-refractivity contribution >= 4 is 5.97 Å². The second-order valence-corrected chi connectivity index (χ2v) is 10.3. The van der Waals surface area contributed by atoms with E-state index in [9.17, 15) is 4.79 Å². The number of carbonyl (C=O) groups is 1. The van der Waals surface area contributed by atoms with Crippen LogP contribution in [0.3, 0.4) is 0 Å². The molecule has 0 aliphatic heterocycles. The van der Waals surface area contributed by atoms with Crippen molar-refractivity contribution in [2.24, 2.45) is 11.8 Å². The lowest BCUT2D eigenvalue weighted by molar-refractivity contribution is -0.143. The van der Waals surface area contributed by atoms with Crippen molar-refractivity contribution in [3.05, 3.63) is 0 Å². The van der Waals surface area contributed by atoms with Gasteiger partial charge in [0.1, 0.15) is 0 Å². The Morgan fingerprint density at radius 2 is 0.833 bits per heavy atom. The minimum Gasteiger partial charge on any atom is -0.466 e. The molecule has 2 heteroatoms. The van der Waals surface area contributed by atoms with Gasteiger partial charge < -0.3 is 4.74 Å². The topological polar surface area (TPSA) is 26.3 Å². The molecular weight excluding hydrogens is 368 g/mol. The highest BCUT2D eigenvalue weighted by molar-refractivity contribution is 5.69. The van der Waals surface area contributed by atoms with Gasteiger partial charge in [0.2, 0.25) is 0 Å². The van der Waals surface area contributed by atoms with Crippen molar-refractivity contribution in [3.8, 4) is 0 Å². The molecule has 0 saturated heterocycles.